The molecular weight excluding hydrogens is 362 g/mol. The molecule has 0 N–H and O–H groups in total. The first-order valence-corrected chi connectivity index (χ1v) is 10.6. The largest absolute Gasteiger partial charge is 0.493 e. The van der Waals surface area contributed by atoms with Gasteiger partial charge in [-0.2, -0.15) is 0 Å². The fourth-order valence-corrected chi connectivity index (χ4v) is 5.13. The van der Waals surface area contributed by atoms with Crippen LogP contribution in [0.25, 0.3) is 0 Å². The maximum Gasteiger partial charge on any atom is 0.226 e. The summed E-state index contributed by atoms with van der Waals surface area (Å²) in [5.41, 5.74) is 2.49. The summed E-state index contributed by atoms with van der Waals surface area (Å²) >= 11 is 3.52. The van der Waals surface area contributed by atoms with Crippen molar-refractivity contribution in [3.05, 3.63) is 74.1 Å². The van der Waals surface area contributed by atoms with E-state index in [4.69, 9.17) is 4.74 Å². The van der Waals surface area contributed by atoms with Crippen LogP contribution in [0.3, 0.4) is 0 Å². The Morgan fingerprint density at radius 3 is 2.77 bits per heavy atom. The van der Waals surface area contributed by atoms with Crippen molar-refractivity contribution in [2.45, 2.75) is 25.8 Å². The SMILES string of the molecule is Cc1ccc(OCCC(=O)N2CCc3sccc3[C@H]2c2cccs2)cc1. The summed E-state index contributed by atoms with van der Waals surface area (Å²) in [5, 5.41) is 4.22. The lowest BCUT2D eigenvalue weighted by molar-refractivity contribution is -0.133. The van der Waals surface area contributed by atoms with Crippen molar-refractivity contribution in [2.75, 3.05) is 13.2 Å². The third-order valence-corrected chi connectivity index (χ3v) is 6.63. The van der Waals surface area contributed by atoms with Crippen molar-refractivity contribution in [3.8, 4) is 5.75 Å². The highest BCUT2D eigenvalue weighted by Crippen LogP contribution is 2.39. The van der Waals surface area contributed by atoms with E-state index in [-0.39, 0.29) is 11.9 Å². The molecular formula is C21H21NO2S2. The molecule has 0 aliphatic carbocycles. The van der Waals surface area contributed by atoms with Gasteiger partial charge in [-0.15, -0.1) is 22.7 Å². The second kappa shape index (κ2) is 7.64. The smallest absolute Gasteiger partial charge is 0.226 e. The number of ether oxygens (including phenoxy) is 1. The molecule has 0 unspecified atom stereocenters. The number of nitrogens with zero attached hydrogens (tertiary/aromatic N) is 1. The van der Waals surface area contributed by atoms with Crippen LogP contribution >= 0.6 is 22.7 Å². The molecule has 0 saturated heterocycles. The summed E-state index contributed by atoms with van der Waals surface area (Å²) in [6, 6.07) is 14.4. The Hall–Kier alpha value is -2.11. The Morgan fingerprint density at radius 1 is 1.15 bits per heavy atom. The van der Waals surface area contributed by atoms with Gasteiger partial charge in [-0.1, -0.05) is 23.8 Å². The van der Waals surface area contributed by atoms with Crippen LogP contribution in [0.15, 0.2) is 53.2 Å². The molecule has 0 bridgehead atoms. The predicted molar refractivity (Wildman–Crippen MR) is 107 cm³/mol. The van der Waals surface area contributed by atoms with Gasteiger partial charge in [0.05, 0.1) is 19.1 Å². The predicted octanol–water partition coefficient (Wildman–Crippen LogP) is 5.06. The number of amides is 1. The molecule has 1 aliphatic rings. The van der Waals surface area contributed by atoms with Crippen LogP contribution in [0.2, 0.25) is 0 Å². The average Bonchev–Trinajstić information content (AvgIpc) is 3.34. The summed E-state index contributed by atoms with van der Waals surface area (Å²) in [6.07, 6.45) is 1.34. The van der Waals surface area contributed by atoms with Crippen LogP contribution in [-0.4, -0.2) is 24.0 Å². The fraction of sp³-hybridized carbons (Fsp3) is 0.286. The molecule has 5 heteroatoms. The van der Waals surface area contributed by atoms with Gasteiger partial charge in [0.15, 0.2) is 0 Å². The van der Waals surface area contributed by atoms with E-state index >= 15 is 0 Å². The van der Waals surface area contributed by atoms with Crippen molar-refractivity contribution < 1.29 is 9.53 Å². The molecule has 3 aromatic rings. The molecule has 26 heavy (non-hydrogen) atoms. The second-order valence-corrected chi connectivity index (χ2v) is 8.45. The summed E-state index contributed by atoms with van der Waals surface area (Å²) in [5.74, 6) is 0.976. The Labute approximate surface area is 161 Å². The topological polar surface area (TPSA) is 29.5 Å². The molecule has 1 atom stereocenters. The van der Waals surface area contributed by atoms with Crippen LogP contribution in [0.5, 0.6) is 5.75 Å². The molecule has 1 amide bonds. The summed E-state index contributed by atoms with van der Waals surface area (Å²) < 4.78 is 5.76. The highest BCUT2D eigenvalue weighted by molar-refractivity contribution is 7.10. The van der Waals surface area contributed by atoms with Crippen LogP contribution in [0.1, 0.15) is 33.3 Å². The number of carbonyl (C=O) groups is 1. The van der Waals surface area contributed by atoms with Crippen molar-refractivity contribution in [1.82, 2.24) is 4.90 Å². The Bertz CT molecular complexity index is 868. The van der Waals surface area contributed by atoms with Gasteiger partial charge in [0.25, 0.3) is 0 Å². The first-order chi connectivity index (χ1) is 12.7. The molecule has 0 radical (unpaired) electrons. The first kappa shape index (κ1) is 17.3. The zero-order chi connectivity index (χ0) is 17.9. The van der Waals surface area contributed by atoms with Gasteiger partial charge >= 0.3 is 0 Å². The number of thiophene rings is 2. The Balaban J connectivity index is 1.45. The molecule has 134 valence electrons. The van der Waals surface area contributed by atoms with E-state index in [2.05, 4.69) is 29.0 Å². The minimum absolute atomic E-state index is 0.0527. The number of aryl methyl sites for hydroxylation is 1. The number of hydrogen-bond acceptors (Lipinski definition) is 4. The van der Waals surface area contributed by atoms with E-state index in [0.717, 1.165) is 18.7 Å². The van der Waals surface area contributed by atoms with Gasteiger partial charge in [0, 0.05) is 16.3 Å². The van der Waals surface area contributed by atoms with Gasteiger partial charge in [0.2, 0.25) is 5.91 Å². The number of fused-ring (bicyclic) bond motifs is 1. The minimum Gasteiger partial charge on any atom is -0.493 e. The van der Waals surface area contributed by atoms with Crippen molar-refractivity contribution in [3.63, 3.8) is 0 Å². The number of carbonyl (C=O) groups excluding carboxylic acids is 1. The first-order valence-electron chi connectivity index (χ1n) is 8.81. The summed E-state index contributed by atoms with van der Waals surface area (Å²) in [4.78, 5) is 17.6. The molecule has 0 fully saturated rings. The molecule has 1 aromatic carbocycles. The summed E-state index contributed by atoms with van der Waals surface area (Å²) in [7, 11) is 0. The van der Waals surface area contributed by atoms with Crippen molar-refractivity contribution in [1.29, 1.82) is 0 Å². The third-order valence-electron chi connectivity index (χ3n) is 4.70. The lowest BCUT2D eigenvalue weighted by atomic mass is 9.98. The molecule has 0 saturated carbocycles. The van der Waals surface area contributed by atoms with Gasteiger partial charge in [-0.25, -0.2) is 0 Å². The van der Waals surface area contributed by atoms with Gasteiger partial charge in [-0.05, 0) is 53.9 Å². The average molecular weight is 384 g/mol. The lowest BCUT2D eigenvalue weighted by Gasteiger charge is -2.35. The van der Waals surface area contributed by atoms with E-state index in [0.29, 0.717) is 13.0 Å². The number of hydrogen-bond donors (Lipinski definition) is 0. The molecule has 3 heterocycles. The van der Waals surface area contributed by atoms with Gasteiger partial charge in [-0.3, -0.25) is 4.79 Å². The second-order valence-electron chi connectivity index (χ2n) is 6.47. The normalized spacial score (nSPS) is 16.3. The molecule has 0 spiro atoms. The zero-order valence-corrected chi connectivity index (χ0v) is 16.3. The van der Waals surface area contributed by atoms with Crippen LogP contribution in [0, 0.1) is 6.92 Å². The van der Waals surface area contributed by atoms with Gasteiger partial charge in [0.1, 0.15) is 5.75 Å². The molecule has 3 nitrogen and oxygen atoms in total. The molecule has 4 rings (SSSR count). The lowest BCUT2D eigenvalue weighted by Crippen LogP contribution is -2.40. The third kappa shape index (κ3) is 3.55. The van der Waals surface area contributed by atoms with E-state index in [1.54, 1.807) is 22.7 Å². The highest BCUT2D eigenvalue weighted by Gasteiger charge is 2.33. The fourth-order valence-electron chi connectivity index (χ4n) is 3.37. The zero-order valence-electron chi connectivity index (χ0n) is 14.7. The molecule has 2 aromatic heterocycles. The quantitative estimate of drug-likeness (QED) is 0.616. The standard InChI is InChI=1S/C21H21NO2S2/c1-15-4-6-16(7-5-15)24-12-9-20(23)22-11-8-18-17(10-14-26-18)21(22)19-3-2-13-25-19/h2-7,10,13-14,21H,8-9,11-12H2,1H3/t21-/m0/s1. The van der Waals surface area contributed by atoms with E-state index in [1.807, 2.05) is 36.1 Å². The van der Waals surface area contributed by atoms with E-state index in [9.17, 15) is 4.79 Å². The van der Waals surface area contributed by atoms with E-state index in [1.165, 1.54) is 20.9 Å². The monoisotopic (exact) mass is 383 g/mol. The Morgan fingerprint density at radius 2 is 2.00 bits per heavy atom. The van der Waals surface area contributed by atoms with Crippen LogP contribution < -0.4 is 4.74 Å². The maximum absolute atomic E-state index is 12.9. The van der Waals surface area contributed by atoms with Gasteiger partial charge < -0.3 is 9.64 Å². The van der Waals surface area contributed by atoms with Crippen LogP contribution in [0.4, 0.5) is 0 Å². The number of rotatable bonds is 5. The maximum atomic E-state index is 12.9. The highest BCUT2D eigenvalue weighted by atomic mass is 32.1. The number of benzene rings is 1. The Kier molecular flexibility index (Phi) is 5.09. The van der Waals surface area contributed by atoms with Crippen LogP contribution in [-0.2, 0) is 11.2 Å². The minimum atomic E-state index is 0.0527. The van der Waals surface area contributed by atoms with Crippen molar-refractivity contribution >= 4 is 28.6 Å². The molecule has 1 aliphatic heterocycles. The summed E-state index contributed by atoms with van der Waals surface area (Å²) in [6.45, 7) is 3.23. The van der Waals surface area contributed by atoms with E-state index < -0.39 is 0 Å². The van der Waals surface area contributed by atoms with Crippen molar-refractivity contribution in [2.24, 2.45) is 0 Å².